The van der Waals surface area contributed by atoms with Crippen LogP contribution in [-0.4, -0.2) is 6.16 Å². The normalized spacial score (nSPS) is 12.2. The Balaban J connectivity index is 0.00000272. The molecule has 1 unspecified atom stereocenters. The van der Waals surface area contributed by atoms with E-state index < -0.39 is 7.26 Å². The average molecular weight is 540 g/mol. The van der Waals surface area contributed by atoms with E-state index in [4.69, 9.17) is 4.42 Å². The number of furan rings is 1. The van der Waals surface area contributed by atoms with Gasteiger partial charge in [0, 0.05) is 6.42 Å². The summed E-state index contributed by atoms with van der Waals surface area (Å²) >= 11 is 0. The van der Waals surface area contributed by atoms with E-state index in [0.717, 1.165) is 30.5 Å². The van der Waals surface area contributed by atoms with Gasteiger partial charge in [-0.3, -0.25) is 0 Å². The van der Waals surface area contributed by atoms with Gasteiger partial charge in [-0.25, -0.2) is 0 Å². The summed E-state index contributed by atoms with van der Waals surface area (Å²) in [5, 5.41) is 4.38. The van der Waals surface area contributed by atoms with Gasteiger partial charge >= 0.3 is 0 Å². The molecule has 0 fully saturated rings. The van der Waals surface area contributed by atoms with Crippen LogP contribution in [-0.2, 0) is 6.42 Å². The lowest BCUT2D eigenvalue weighted by atomic mass is 10.1. The van der Waals surface area contributed by atoms with Gasteiger partial charge in [-0.2, -0.15) is 0 Å². The summed E-state index contributed by atoms with van der Waals surface area (Å²) in [5.74, 6) is 2.67. The van der Waals surface area contributed by atoms with Gasteiger partial charge in [-0.1, -0.05) is 61.5 Å². The minimum atomic E-state index is -1.76. The number of hydrogen-bond acceptors (Lipinski definition) is 1. The first-order valence-corrected chi connectivity index (χ1v) is 12.8. The Labute approximate surface area is 204 Å². The van der Waals surface area contributed by atoms with Crippen LogP contribution in [0.5, 0.6) is 0 Å². The van der Waals surface area contributed by atoms with Crippen LogP contribution >= 0.6 is 7.26 Å². The smallest absolute Gasteiger partial charge is 0.112 e. The second kappa shape index (κ2) is 11.1. The molecule has 0 spiro atoms. The highest BCUT2D eigenvalue weighted by Gasteiger charge is 2.46. The number of aryl methyl sites for hydroxylation is 2. The summed E-state index contributed by atoms with van der Waals surface area (Å²) in [7, 11) is -1.76. The second-order valence-electron chi connectivity index (χ2n) is 8.16. The molecule has 1 heterocycles. The van der Waals surface area contributed by atoms with Crippen molar-refractivity contribution in [2.75, 3.05) is 6.16 Å². The monoisotopic (exact) mass is 540 g/mol. The quantitative estimate of drug-likeness (QED) is 0.247. The molecule has 3 aromatic carbocycles. The second-order valence-corrected chi connectivity index (χ2v) is 11.7. The van der Waals surface area contributed by atoms with E-state index >= 15 is 0 Å². The zero-order valence-electron chi connectivity index (χ0n) is 18.2. The summed E-state index contributed by atoms with van der Waals surface area (Å²) < 4.78 is 5.83. The van der Waals surface area contributed by atoms with Gasteiger partial charge in [0.15, 0.2) is 0 Å². The summed E-state index contributed by atoms with van der Waals surface area (Å²) in [6.07, 6.45) is 3.28. The third-order valence-electron chi connectivity index (χ3n) is 5.86. The van der Waals surface area contributed by atoms with E-state index in [1.54, 1.807) is 0 Å². The predicted octanol–water partition coefficient (Wildman–Crippen LogP) is 3.15. The van der Waals surface area contributed by atoms with Crippen molar-refractivity contribution in [2.45, 2.75) is 26.7 Å². The molecule has 3 heteroatoms. The number of hydrogen-bond donors (Lipinski definition) is 0. The third-order valence-corrected chi connectivity index (χ3v) is 10.6. The highest BCUT2D eigenvalue weighted by atomic mass is 127. The maximum atomic E-state index is 5.83. The van der Waals surface area contributed by atoms with Crippen molar-refractivity contribution in [3.05, 3.63) is 115 Å². The van der Waals surface area contributed by atoms with Crippen LogP contribution in [0, 0.1) is 12.8 Å². The Morgan fingerprint density at radius 1 is 0.677 bits per heavy atom. The molecule has 1 nitrogen and oxygen atoms in total. The Bertz CT molecular complexity index is 947. The van der Waals surface area contributed by atoms with E-state index in [-0.39, 0.29) is 24.0 Å². The van der Waals surface area contributed by atoms with Crippen molar-refractivity contribution in [3.63, 3.8) is 0 Å². The Morgan fingerprint density at radius 3 is 1.52 bits per heavy atom. The maximum absolute atomic E-state index is 5.83. The van der Waals surface area contributed by atoms with Crippen LogP contribution in [0.2, 0.25) is 0 Å². The molecule has 31 heavy (non-hydrogen) atoms. The van der Waals surface area contributed by atoms with Crippen molar-refractivity contribution >= 4 is 23.2 Å². The Hall–Kier alpha value is -1.90. The van der Waals surface area contributed by atoms with Gasteiger partial charge in [0.2, 0.25) is 0 Å². The first kappa shape index (κ1) is 23.8. The molecule has 160 valence electrons. The molecule has 0 amide bonds. The van der Waals surface area contributed by atoms with E-state index in [1.807, 2.05) is 6.92 Å². The van der Waals surface area contributed by atoms with Gasteiger partial charge in [0.1, 0.15) is 34.7 Å². The molecule has 0 aliphatic rings. The van der Waals surface area contributed by atoms with Crippen molar-refractivity contribution in [1.29, 1.82) is 0 Å². The molecule has 0 radical (unpaired) electrons. The lowest BCUT2D eigenvalue weighted by molar-refractivity contribution is -0.00000676. The average Bonchev–Trinajstić information content (AvgIpc) is 3.23. The zero-order valence-corrected chi connectivity index (χ0v) is 21.3. The lowest BCUT2D eigenvalue weighted by Crippen LogP contribution is -3.00. The van der Waals surface area contributed by atoms with Crippen LogP contribution in [0.25, 0.3) is 0 Å². The van der Waals surface area contributed by atoms with Crippen LogP contribution in [0.4, 0.5) is 0 Å². The zero-order chi connectivity index (χ0) is 20.8. The largest absolute Gasteiger partial charge is 1.00 e. The molecule has 4 rings (SSSR count). The van der Waals surface area contributed by atoms with E-state index in [1.165, 1.54) is 15.9 Å². The Kier molecular flexibility index (Phi) is 8.51. The molecule has 0 aliphatic carbocycles. The standard InChI is InChI=1S/C28H30OP.HI/c1-23(18-20-25-21-19-24(2)29-25)22-30(26-12-6-3-7-13-26,27-14-8-4-9-15-27)28-16-10-5-11-17-28;/h3-17,19,21,23H,18,20,22H2,1-2H3;1H/q+1;/p-1. The van der Waals surface area contributed by atoms with Crippen LogP contribution < -0.4 is 39.9 Å². The number of benzene rings is 3. The SMILES string of the molecule is Cc1ccc(CCC(C)C[P+](c2ccccc2)(c2ccccc2)c2ccccc2)o1.[I-]. The van der Waals surface area contributed by atoms with Gasteiger partial charge in [0.25, 0.3) is 0 Å². The topological polar surface area (TPSA) is 13.1 Å². The molecule has 4 aromatic rings. The van der Waals surface area contributed by atoms with Crippen molar-refractivity contribution < 1.29 is 28.4 Å². The predicted molar refractivity (Wildman–Crippen MR) is 131 cm³/mol. The fourth-order valence-electron chi connectivity index (χ4n) is 4.38. The van der Waals surface area contributed by atoms with E-state index in [0.29, 0.717) is 5.92 Å². The highest BCUT2D eigenvalue weighted by molar-refractivity contribution is 7.95. The molecule has 0 bridgehead atoms. The first-order chi connectivity index (χ1) is 14.7. The fourth-order valence-corrected chi connectivity index (χ4v) is 9.07. The molecule has 1 aromatic heterocycles. The molecular weight excluding hydrogens is 510 g/mol. The summed E-state index contributed by atoms with van der Waals surface area (Å²) in [5.41, 5.74) is 0. The Morgan fingerprint density at radius 2 is 1.13 bits per heavy atom. The first-order valence-electron chi connectivity index (χ1n) is 10.8. The van der Waals surface area contributed by atoms with Crippen molar-refractivity contribution in [3.8, 4) is 0 Å². The maximum Gasteiger partial charge on any atom is 0.112 e. The minimum absolute atomic E-state index is 0. The van der Waals surface area contributed by atoms with Gasteiger partial charge < -0.3 is 28.4 Å². The summed E-state index contributed by atoms with van der Waals surface area (Å²) in [6, 6.07) is 37.7. The molecule has 0 aliphatic heterocycles. The number of rotatable bonds is 8. The van der Waals surface area contributed by atoms with Crippen LogP contribution in [0.15, 0.2) is 108 Å². The fraction of sp³-hybridized carbons (Fsp3) is 0.214. The van der Waals surface area contributed by atoms with Gasteiger partial charge in [-0.15, -0.1) is 0 Å². The molecule has 0 saturated heterocycles. The third kappa shape index (κ3) is 5.48. The minimum Gasteiger partial charge on any atom is -1.00 e. The lowest BCUT2D eigenvalue weighted by Gasteiger charge is -2.30. The van der Waals surface area contributed by atoms with Crippen molar-refractivity contribution in [2.24, 2.45) is 5.92 Å². The summed E-state index contributed by atoms with van der Waals surface area (Å²) in [6.45, 7) is 4.42. The molecular formula is C28H30IOP. The van der Waals surface area contributed by atoms with E-state index in [9.17, 15) is 0 Å². The van der Waals surface area contributed by atoms with E-state index in [2.05, 4.69) is 110 Å². The van der Waals surface area contributed by atoms with Crippen LogP contribution in [0.1, 0.15) is 24.9 Å². The van der Waals surface area contributed by atoms with Gasteiger partial charge in [-0.05, 0) is 67.8 Å². The molecule has 0 N–H and O–H groups in total. The number of halogens is 1. The molecule has 0 saturated carbocycles. The van der Waals surface area contributed by atoms with Crippen LogP contribution in [0.3, 0.4) is 0 Å². The van der Waals surface area contributed by atoms with Crippen molar-refractivity contribution in [1.82, 2.24) is 0 Å². The summed E-state index contributed by atoms with van der Waals surface area (Å²) in [4.78, 5) is 0. The molecule has 1 atom stereocenters. The highest BCUT2D eigenvalue weighted by Crippen LogP contribution is 2.56. The van der Waals surface area contributed by atoms with Gasteiger partial charge in [0.05, 0.1) is 6.16 Å².